The smallest absolute Gasteiger partial charge is 0.318 e. The molecule has 4 amide bonds. The van der Waals surface area contributed by atoms with E-state index in [0.717, 1.165) is 12.3 Å². The molecule has 0 bridgehead atoms. The fraction of sp³-hybridized carbons (Fsp3) is 0.579. The second-order valence-electron chi connectivity index (χ2n) is 7.42. The lowest BCUT2D eigenvalue weighted by Gasteiger charge is -2.38. The third-order valence-electron chi connectivity index (χ3n) is 5.81. The first kappa shape index (κ1) is 16.2. The van der Waals surface area contributed by atoms with Crippen molar-refractivity contribution < 1.29 is 9.59 Å². The van der Waals surface area contributed by atoms with Crippen LogP contribution in [0, 0.1) is 5.92 Å². The number of urea groups is 2. The van der Waals surface area contributed by atoms with Crippen LogP contribution in [0.5, 0.6) is 0 Å². The second-order valence-corrected chi connectivity index (χ2v) is 7.42. The minimum atomic E-state index is -0.00724. The van der Waals surface area contributed by atoms with Crippen molar-refractivity contribution in [1.82, 2.24) is 20.4 Å². The summed E-state index contributed by atoms with van der Waals surface area (Å²) in [4.78, 5) is 28.2. The first-order chi connectivity index (χ1) is 12.2. The van der Waals surface area contributed by atoms with Gasteiger partial charge in [0.25, 0.3) is 0 Å². The maximum atomic E-state index is 12.8. The van der Waals surface area contributed by atoms with Crippen LogP contribution in [-0.2, 0) is 0 Å². The summed E-state index contributed by atoms with van der Waals surface area (Å²) in [6, 6.07) is 10.4. The number of nitrogens with zero attached hydrogens (tertiary/aromatic N) is 2. The Morgan fingerprint density at radius 3 is 2.76 bits per heavy atom. The molecule has 1 aliphatic carbocycles. The van der Waals surface area contributed by atoms with Crippen LogP contribution in [0.4, 0.5) is 9.59 Å². The normalized spacial score (nSPS) is 24.3. The van der Waals surface area contributed by atoms with Crippen molar-refractivity contribution in [3.8, 4) is 0 Å². The molecular weight excluding hydrogens is 316 g/mol. The van der Waals surface area contributed by atoms with E-state index in [0.29, 0.717) is 26.2 Å². The van der Waals surface area contributed by atoms with Crippen LogP contribution in [0.1, 0.15) is 37.3 Å². The molecule has 0 aromatic heterocycles. The molecule has 6 nitrogen and oxygen atoms in total. The van der Waals surface area contributed by atoms with E-state index in [-0.39, 0.29) is 24.1 Å². The van der Waals surface area contributed by atoms with E-state index < -0.39 is 0 Å². The third kappa shape index (κ3) is 3.43. The summed E-state index contributed by atoms with van der Waals surface area (Å²) in [7, 11) is 0. The summed E-state index contributed by atoms with van der Waals surface area (Å²) in [6.45, 7) is 2.45. The topological polar surface area (TPSA) is 64.7 Å². The van der Waals surface area contributed by atoms with Gasteiger partial charge >= 0.3 is 12.1 Å². The molecule has 1 aromatic carbocycles. The third-order valence-corrected chi connectivity index (χ3v) is 5.81. The molecule has 2 atom stereocenters. The number of benzene rings is 1. The van der Waals surface area contributed by atoms with Gasteiger partial charge in [0.1, 0.15) is 0 Å². The number of amides is 4. The molecule has 134 valence electrons. The van der Waals surface area contributed by atoms with E-state index in [1.807, 2.05) is 28.0 Å². The Kier molecular flexibility index (Phi) is 4.51. The number of hydrogen-bond donors (Lipinski definition) is 2. The second kappa shape index (κ2) is 6.94. The maximum absolute atomic E-state index is 12.8. The van der Waals surface area contributed by atoms with E-state index >= 15 is 0 Å². The number of piperazine rings is 1. The van der Waals surface area contributed by atoms with E-state index in [9.17, 15) is 9.59 Å². The lowest BCUT2D eigenvalue weighted by atomic mass is 9.79. The molecule has 2 heterocycles. The average Bonchev–Trinajstić information content (AvgIpc) is 2.98. The lowest BCUT2D eigenvalue weighted by molar-refractivity contribution is 0.126. The van der Waals surface area contributed by atoms with Crippen molar-refractivity contribution >= 4 is 12.1 Å². The Hall–Kier alpha value is -2.24. The van der Waals surface area contributed by atoms with Crippen molar-refractivity contribution in [2.75, 3.05) is 26.2 Å². The molecule has 1 saturated carbocycles. The van der Waals surface area contributed by atoms with Gasteiger partial charge in [-0.25, -0.2) is 9.59 Å². The highest BCUT2D eigenvalue weighted by Gasteiger charge is 2.37. The van der Waals surface area contributed by atoms with Crippen LogP contribution in [0.3, 0.4) is 0 Å². The fourth-order valence-electron chi connectivity index (χ4n) is 4.05. The van der Waals surface area contributed by atoms with Crippen LogP contribution < -0.4 is 10.6 Å². The minimum absolute atomic E-state index is 0.00259. The monoisotopic (exact) mass is 342 g/mol. The molecular formula is C19H26N4O2. The van der Waals surface area contributed by atoms with E-state index in [2.05, 4.69) is 22.8 Å². The standard InChI is InChI=1S/C19H26N4O2/c24-18-20-12-16-13-22(9-10-23(16)18)19(25)21-17(11-14-5-4-6-14)15-7-2-1-3-8-15/h1-3,7-8,14,16-17H,4-6,9-13H2,(H,20,24)(H,21,25). The summed E-state index contributed by atoms with van der Waals surface area (Å²) in [5, 5.41) is 6.11. The number of hydrogen-bond acceptors (Lipinski definition) is 2. The number of fused-ring (bicyclic) bond motifs is 1. The van der Waals surface area contributed by atoms with Gasteiger partial charge in [-0.3, -0.25) is 0 Å². The predicted octanol–water partition coefficient (Wildman–Crippen LogP) is 2.34. The first-order valence-electron chi connectivity index (χ1n) is 9.35. The summed E-state index contributed by atoms with van der Waals surface area (Å²) in [5.41, 5.74) is 1.18. The van der Waals surface area contributed by atoms with E-state index in [1.54, 1.807) is 0 Å². The quantitative estimate of drug-likeness (QED) is 0.882. The Bertz CT molecular complexity index is 632. The van der Waals surface area contributed by atoms with Crippen molar-refractivity contribution in [2.24, 2.45) is 5.92 Å². The highest BCUT2D eigenvalue weighted by atomic mass is 16.2. The molecule has 4 rings (SSSR count). The molecule has 2 aliphatic heterocycles. The highest BCUT2D eigenvalue weighted by Crippen LogP contribution is 2.34. The van der Waals surface area contributed by atoms with Crippen LogP contribution in [0.2, 0.25) is 0 Å². The predicted molar refractivity (Wildman–Crippen MR) is 95.1 cm³/mol. The van der Waals surface area contributed by atoms with Gasteiger partial charge in [0.2, 0.25) is 0 Å². The summed E-state index contributed by atoms with van der Waals surface area (Å²) in [5.74, 6) is 0.721. The molecule has 3 fully saturated rings. The Balaban J connectivity index is 1.40. The minimum Gasteiger partial charge on any atom is -0.336 e. The van der Waals surface area contributed by atoms with Crippen LogP contribution in [0.25, 0.3) is 0 Å². The molecule has 2 saturated heterocycles. The Morgan fingerprint density at radius 1 is 1.24 bits per heavy atom. The summed E-state index contributed by atoms with van der Waals surface area (Å²) < 4.78 is 0. The molecule has 0 spiro atoms. The Labute approximate surface area is 148 Å². The molecule has 0 radical (unpaired) electrons. The average molecular weight is 342 g/mol. The van der Waals surface area contributed by atoms with E-state index in [4.69, 9.17) is 0 Å². The van der Waals surface area contributed by atoms with Gasteiger partial charge in [0.05, 0.1) is 12.1 Å². The lowest BCUT2D eigenvalue weighted by Crippen LogP contribution is -2.56. The van der Waals surface area contributed by atoms with Crippen LogP contribution >= 0.6 is 0 Å². The largest absolute Gasteiger partial charge is 0.336 e. The molecule has 2 unspecified atom stereocenters. The zero-order chi connectivity index (χ0) is 17.2. The SMILES string of the molecule is O=C(NC(CC1CCC1)c1ccccc1)N1CCN2C(=O)NCC2C1. The maximum Gasteiger partial charge on any atom is 0.318 e. The molecule has 2 N–H and O–H groups in total. The fourth-order valence-corrected chi connectivity index (χ4v) is 4.05. The van der Waals surface area contributed by atoms with Crippen LogP contribution in [0.15, 0.2) is 30.3 Å². The van der Waals surface area contributed by atoms with Gasteiger partial charge in [-0.1, -0.05) is 49.6 Å². The highest BCUT2D eigenvalue weighted by molar-refractivity contribution is 5.79. The molecule has 6 heteroatoms. The molecule has 1 aromatic rings. The van der Waals surface area contributed by atoms with Gasteiger partial charge in [-0.05, 0) is 17.9 Å². The van der Waals surface area contributed by atoms with Crippen molar-refractivity contribution in [3.05, 3.63) is 35.9 Å². The molecule has 25 heavy (non-hydrogen) atoms. The molecule has 3 aliphatic rings. The zero-order valence-corrected chi connectivity index (χ0v) is 14.5. The number of carbonyl (C=O) groups excluding carboxylic acids is 2. The van der Waals surface area contributed by atoms with Gasteiger partial charge in [-0.15, -0.1) is 0 Å². The summed E-state index contributed by atoms with van der Waals surface area (Å²) >= 11 is 0. The first-order valence-corrected chi connectivity index (χ1v) is 9.35. The number of rotatable bonds is 4. The Morgan fingerprint density at radius 2 is 2.04 bits per heavy atom. The van der Waals surface area contributed by atoms with Gasteiger partial charge < -0.3 is 20.4 Å². The van der Waals surface area contributed by atoms with Gasteiger partial charge in [0.15, 0.2) is 0 Å². The van der Waals surface area contributed by atoms with Crippen LogP contribution in [-0.4, -0.2) is 54.1 Å². The van der Waals surface area contributed by atoms with Gasteiger partial charge in [-0.2, -0.15) is 0 Å². The van der Waals surface area contributed by atoms with E-state index in [1.165, 1.54) is 24.8 Å². The summed E-state index contributed by atoms with van der Waals surface area (Å²) in [6.07, 6.45) is 4.87. The number of carbonyl (C=O) groups is 2. The number of nitrogens with one attached hydrogen (secondary N) is 2. The van der Waals surface area contributed by atoms with Gasteiger partial charge in [0, 0.05) is 26.2 Å². The van der Waals surface area contributed by atoms with Crippen molar-refractivity contribution in [2.45, 2.75) is 37.8 Å². The van der Waals surface area contributed by atoms with Crippen molar-refractivity contribution in [1.29, 1.82) is 0 Å². The zero-order valence-electron chi connectivity index (χ0n) is 14.5. The van der Waals surface area contributed by atoms with Crippen molar-refractivity contribution in [3.63, 3.8) is 0 Å².